The van der Waals surface area contributed by atoms with Crippen molar-refractivity contribution in [3.63, 3.8) is 0 Å². The number of rotatable bonds is 4. The lowest BCUT2D eigenvalue weighted by Gasteiger charge is -2.38. The fourth-order valence-corrected chi connectivity index (χ4v) is 2.49. The molecule has 0 spiro atoms. The minimum absolute atomic E-state index is 0.424. The van der Waals surface area contributed by atoms with Crippen LogP contribution < -0.4 is 0 Å². The molecule has 0 saturated carbocycles. The lowest BCUT2D eigenvalue weighted by molar-refractivity contribution is -0.257. The van der Waals surface area contributed by atoms with Gasteiger partial charge in [0.05, 0.1) is 6.61 Å². The third kappa shape index (κ3) is 3.23. The lowest BCUT2D eigenvalue weighted by atomic mass is 9.99. The average molecular weight is 322 g/mol. The van der Waals surface area contributed by atoms with Gasteiger partial charge in [0.2, 0.25) is 0 Å². The maximum Gasteiger partial charge on any atom is 0.199 e. The van der Waals surface area contributed by atoms with E-state index in [0.717, 1.165) is 10.4 Å². The smallest absolute Gasteiger partial charge is 0.199 e. The zero-order valence-electron chi connectivity index (χ0n) is 12.2. The Balaban J connectivity index is 1.76. The molecule has 9 heteroatoms. The Kier molecular flexibility index (Phi) is 4.64. The highest BCUT2D eigenvalue weighted by Crippen LogP contribution is 2.27. The molecule has 2 heterocycles. The van der Waals surface area contributed by atoms with E-state index in [1.165, 1.54) is 0 Å². The number of aliphatic hydroxyl groups excluding tert-OH is 4. The minimum atomic E-state index is -1.48. The molecular formula is C14H18N4O5. The van der Waals surface area contributed by atoms with Crippen molar-refractivity contribution in [1.82, 2.24) is 20.2 Å². The van der Waals surface area contributed by atoms with Crippen molar-refractivity contribution in [3.05, 3.63) is 41.7 Å². The maximum atomic E-state index is 10.0. The van der Waals surface area contributed by atoms with E-state index in [4.69, 9.17) is 4.74 Å². The molecule has 1 aromatic carbocycles. The predicted molar refractivity (Wildman–Crippen MR) is 76.1 cm³/mol. The van der Waals surface area contributed by atoms with Gasteiger partial charge in [0, 0.05) is 6.42 Å². The summed E-state index contributed by atoms with van der Waals surface area (Å²) in [5.41, 5.74) is 1.00. The molecule has 1 aromatic heterocycles. The molecule has 0 radical (unpaired) electrons. The third-order valence-electron chi connectivity index (χ3n) is 3.77. The summed E-state index contributed by atoms with van der Waals surface area (Å²) in [5.74, 6) is 0.424. The number of tetrazole rings is 1. The first-order valence-corrected chi connectivity index (χ1v) is 7.23. The predicted octanol–water partition coefficient (Wildman–Crippen LogP) is -1.76. The van der Waals surface area contributed by atoms with Crippen LogP contribution in [0.2, 0.25) is 0 Å². The summed E-state index contributed by atoms with van der Waals surface area (Å²) in [6.45, 7) is -0.507. The van der Waals surface area contributed by atoms with Gasteiger partial charge in [-0.05, 0) is 10.8 Å². The third-order valence-corrected chi connectivity index (χ3v) is 3.77. The molecule has 3 rings (SSSR count). The first kappa shape index (κ1) is 16.0. The van der Waals surface area contributed by atoms with Crippen LogP contribution in [-0.2, 0) is 11.2 Å². The summed E-state index contributed by atoms with van der Waals surface area (Å²) < 4.78 is 5.37. The Morgan fingerprint density at radius 3 is 2.48 bits per heavy atom. The molecule has 0 unspecified atom stereocenters. The van der Waals surface area contributed by atoms with Crippen LogP contribution in [0.1, 0.15) is 17.6 Å². The van der Waals surface area contributed by atoms with Gasteiger partial charge in [-0.1, -0.05) is 30.3 Å². The normalized spacial score (nSPS) is 31.2. The quantitative estimate of drug-likeness (QED) is 0.520. The molecule has 0 amide bonds. The fraction of sp³-hybridized carbons (Fsp3) is 0.500. The largest absolute Gasteiger partial charge is 0.394 e. The van der Waals surface area contributed by atoms with E-state index in [-0.39, 0.29) is 0 Å². The van der Waals surface area contributed by atoms with E-state index in [2.05, 4.69) is 15.4 Å². The van der Waals surface area contributed by atoms with Gasteiger partial charge in [-0.15, -0.1) is 15.0 Å². The van der Waals surface area contributed by atoms with Gasteiger partial charge in [-0.2, -0.15) is 0 Å². The molecule has 5 atom stereocenters. The number of hydrogen-bond acceptors (Lipinski definition) is 8. The van der Waals surface area contributed by atoms with Crippen molar-refractivity contribution in [3.8, 4) is 0 Å². The Labute approximate surface area is 131 Å². The second-order valence-corrected chi connectivity index (χ2v) is 5.41. The van der Waals surface area contributed by atoms with Crippen molar-refractivity contribution in [2.45, 2.75) is 37.1 Å². The Hall–Kier alpha value is -1.91. The second kappa shape index (κ2) is 6.69. The Morgan fingerprint density at radius 1 is 1.04 bits per heavy atom. The summed E-state index contributed by atoms with van der Waals surface area (Å²) in [6, 6.07) is 9.56. The van der Waals surface area contributed by atoms with Crippen LogP contribution in [0, 0.1) is 0 Å². The minimum Gasteiger partial charge on any atom is -0.394 e. The molecule has 4 N–H and O–H groups in total. The Morgan fingerprint density at radius 2 is 1.78 bits per heavy atom. The van der Waals surface area contributed by atoms with Gasteiger partial charge in [0.15, 0.2) is 12.1 Å². The molecular weight excluding hydrogens is 304 g/mol. The highest BCUT2D eigenvalue weighted by Gasteiger charge is 2.45. The number of ether oxygens (including phenoxy) is 1. The maximum absolute atomic E-state index is 10.0. The van der Waals surface area contributed by atoms with Gasteiger partial charge >= 0.3 is 0 Å². The highest BCUT2D eigenvalue weighted by molar-refractivity contribution is 5.18. The van der Waals surface area contributed by atoms with E-state index >= 15 is 0 Å². The number of aliphatic hydroxyl groups is 4. The van der Waals surface area contributed by atoms with E-state index in [9.17, 15) is 20.4 Å². The van der Waals surface area contributed by atoms with Crippen LogP contribution in [0.15, 0.2) is 30.3 Å². The molecule has 23 heavy (non-hydrogen) atoms. The SMILES string of the molecule is OC[C@H]1O[C@@H](n2nnc(Cc3ccccc3)n2)[C@H](O)[C@@H](O)[C@@H]1O. The van der Waals surface area contributed by atoms with Crippen molar-refractivity contribution in [2.75, 3.05) is 6.61 Å². The molecule has 1 aliphatic rings. The number of aromatic nitrogens is 4. The molecule has 1 fully saturated rings. The van der Waals surface area contributed by atoms with E-state index in [1.54, 1.807) is 0 Å². The van der Waals surface area contributed by atoms with E-state index in [1.807, 2.05) is 30.3 Å². The molecule has 124 valence electrons. The second-order valence-electron chi connectivity index (χ2n) is 5.41. The van der Waals surface area contributed by atoms with Gasteiger partial charge < -0.3 is 25.2 Å². The number of benzene rings is 1. The van der Waals surface area contributed by atoms with Crippen molar-refractivity contribution >= 4 is 0 Å². The Bertz CT molecular complexity index is 635. The van der Waals surface area contributed by atoms with Crippen LogP contribution in [0.3, 0.4) is 0 Å². The van der Waals surface area contributed by atoms with Gasteiger partial charge in [-0.25, -0.2) is 0 Å². The lowest BCUT2D eigenvalue weighted by Crippen LogP contribution is -2.56. The molecule has 2 aromatic rings. The van der Waals surface area contributed by atoms with Crippen molar-refractivity contribution in [2.24, 2.45) is 0 Å². The van der Waals surface area contributed by atoms with Crippen LogP contribution in [0.5, 0.6) is 0 Å². The van der Waals surface area contributed by atoms with Crippen LogP contribution in [0.4, 0.5) is 0 Å². The molecule has 0 bridgehead atoms. The molecule has 1 saturated heterocycles. The fourth-order valence-electron chi connectivity index (χ4n) is 2.49. The molecule has 1 aliphatic heterocycles. The van der Waals surface area contributed by atoms with E-state index in [0.29, 0.717) is 12.2 Å². The molecule has 0 aliphatic carbocycles. The summed E-state index contributed by atoms with van der Waals surface area (Å²) in [6.07, 6.45) is -6.03. The zero-order valence-corrected chi connectivity index (χ0v) is 12.2. The van der Waals surface area contributed by atoms with Gasteiger partial charge in [0.25, 0.3) is 0 Å². The number of nitrogens with zero attached hydrogens (tertiary/aromatic N) is 4. The van der Waals surface area contributed by atoms with Gasteiger partial charge in [-0.3, -0.25) is 0 Å². The van der Waals surface area contributed by atoms with Gasteiger partial charge in [0.1, 0.15) is 24.4 Å². The highest BCUT2D eigenvalue weighted by atomic mass is 16.6. The van der Waals surface area contributed by atoms with Crippen LogP contribution in [-0.4, -0.2) is 71.7 Å². The first-order chi connectivity index (χ1) is 11.1. The monoisotopic (exact) mass is 322 g/mol. The summed E-state index contributed by atoms with van der Waals surface area (Å²) in [7, 11) is 0. The number of hydrogen-bond donors (Lipinski definition) is 4. The zero-order chi connectivity index (χ0) is 16.4. The molecule has 9 nitrogen and oxygen atoms in total. The standard InChI is InChI=1S/C14H18N4O5/c19-7-9-11(20)12(21)13(22)14(23-9)18-16-10(15-17-18)6-8-4-2-1-3-5-8/h1-5,9,11-14,19-22H,6-7H2/t9-,11-,12+,13-,14-/m1/s1. The van der Waals surface area contributed by atoms with E-state index < -0.39 is 37.3 Å². The van der Waals surface area contributed by atoms with Crippen LogP contribution >= 0.6 is 0 Å². The van der Waals surface area contributed by atoms with Crippen molar-refractivity contribution in [1.29, 1.82) is 0 Å². The summed E-state index contributed by atoms with van der Waals surface area (Å²) in [5, 5.41) is 50.6. The van der Waals surface area contributed by atoms with Crippen molar-refractivity contribution < 1.29 is 25.2 Å². The topological polar surface area (TPSA) is 134 Å². The van der Waals surface area contributed by atoms with Crippen LogP contribution in [0.25, 0.3) is 0 Å². The first-order valence-electron chi connectivity index (χ1n) is 7.23. The average Bonchev–Trinajstić information content (AvgIpc) is 3.02. The summed E-state index contributed by atoms with van der Waals surface area (Å²) in [4.78, 5) is 1.04. The summed E-state index contributed by atoms with van der Waals surface area (Å²) >= 11 is 0.